The summed E-state index contributed by atoms with van der Waals surface area (Å²) in [5.74, 6) is 1.13. The zero-order valence-electron chi connectivity index (χ0n) is 16.9. The number of carbonyl (C=O) groups excluding carboxylic acids is 1. The van der Waals surface area contributed by atoms with Crippen molar-refractivity contribution in [2.75, 3.05) is 11.1 Å². The van der Waals surface area contributed by atoms with E-state index in [0.29, 0.717) is 6.54 Å². The van der Waals surface area contributed by atoms with Gasteiger partial charge >= 0.3 is 0 Å². The van der Waals surface area contributed by atoms with Crippen molar-refractivity contribution in [1.82, 2.24) is 14.8 Å². The van der Waals surface area contributed by atoms with Crippen LogP contribution in [0.3, 0.4) is 0 Å². The molecule has 5 nitrogen and oxygen atoms in total. The molecular formula is C23H26N4OS. The lowest BCUT2D eigenvalue weighted by Gasteiger charge is -2.10. The molecule has 150 valence electrons. The number of allylic oxidation sites excluding steroid dienone is 1. The van der Waals surface area contributed by atoms with E-state index in [-0.39, 0.29) is 11.7 Å². The maximum atomic E-state index is 12.4. The molecule has 1 N–H and O–H groups in total. The number of carbonyl (C=O) groups is 1. The first-order valence-electron chi connectivity index (χ1n) is 9.63. The number of nitrogens with one attached hydrogen (secondary N) is 1. The van der Waals surface area contributed by atoms with Gasteiger partial charge in [-0.1, -0.05) is 60.3 Å². The molecule has 0 saturated heterocycles. The predicted molar refractivity (Wildman–Crippen MR) is 119 cm³/mol. The number of hydrogen-bond donors (Lipinski definition) is 1. The molecule has 2 aromatic carbocycles. The average Bonchev–Trinajstić information content (AvgIpc) is 3.10. The van der Waals surface area contributed by atoms with E-state index in [1.165, 1.54) is 17.3 Å². The van der Waals surface area contributed by atoms with E-state index >= 15 is 0 Å². The molecule has 0 fully saturated rings. The van der Waals surface area contributed by atoms with E-state index in [9.17, 15) is 4.79 Å². The topological polar surface area (TPSA) is 59.8 Å². The molecule has 0 aliphatic carbocycles. The van der Waals surface area contributed by atoms with Gasteiger partial charge in [-0.15, -0.1) is 16.8 Å². The molecule has 0 saturated carbocycles. The summed E-state index contributed by atoms with van der Waals surface area (Å²) in [5, 5.41) is 12.4. The second-order valence-electron chi connectivity index (χ2n) is 6.94. The molecule has 29 heavy (non-hydrogen) atoms. The molecule has 0 aliphatic heterocycles. The number of nitrogens with zero attached hydrogens (tertiary/aromatic N) is 3. The first kappa shape index (κ1) is 20.9. The van der Waals surface area contributed by atoms with Crippen molar-refractivity contribution < 1.29 is 4.79 Å². The Morgan fingerprint density at radius 3 is 2.69 bits per heavy atom. The highest BCUT2D eigenvalue weighted by atomic mass is 32.2. The molecule has 1 amide bonds. The van der Waals surface area contributed by atoms with Crippen molar-refractivity contribution in [1.29, 1.82) is 0 Å². The number of anilines is 1. The van der Waals surface area contributed by atoms with Crippen LogP contribution in [-0.2, 0) is 24.2 Å². The minimum Gasteiger partial charge on any atom is -0.325 e. The molecule has 6 heteroatoms. The molecule has 0 radical (unpaired) electrons. The van der Waals surface area contributed by atoms with Crippen molar-refractivity contribution in [3.63, 3.8) is 0 Å². The van der Waals surface area contributed by atoms with Crippen LogP contribution in [0.15, 0.2) is 66.3 Å². The Bertz CT molecular complexity index is 982. The zero-order valence-corrected chi connectivity index (χ0v) is 17.7. The predicted octanol–water partition coefficient (Wildman–Crippen LogP) is 4.60. The fourth-order valence-electron chi connectivity index (χ4n) is 3.01. The number of benzene rings is 2. The molecular weight excluding hydrogens is 380 g/mol. The monoisotopic (exact) mass is 406 g/mol. The maximum absolute atomic E-state index is 12.4. The Labute approximate surface area is 176 Å². The van der Waals surface area contributed by atoms with Crippen molar-refractivity contribution in [3.05, 3.63) is 83.7 Å². The minimum atomic E-state index is -0.0531. The van der Waals surface area contributed by atoms with Gasteiger partial charge in [0.05, 0.1) is 5.75 Å². The van der Waals surface area contributed by atoms with Crippen LogP contribution in [0, 0.1) is 13.8 Å². The van der Waals surface area contributed by atoms with Gasteiger partial charge in [0.2, 0.25) is 5.91 Å². The van der Waals surface area contributed by atoms with E-state index in [1.807, 2.05) is 60.9 Å². The molecule has 0 atom stereocenters. The lowest BCUT2D eigenvalue weighted by molar-refractivity contribution is -0.113. The summed E-state index contributed by atoms with van der Waals surface area (Å²) in [6.07, 6.45) is 3.52. The average molecular weight is 407 g/mol. The van der Waals surface area contributed by atoms with E-state index in [4.69, 9.17) is 0 Å². The van der Waals surface area contributed by atoms with E-state index in [2.05, 4.69) is 34.2 Å². The number of hydrogen-bond acceptors (Lipinski definition) is 4. The van der Waals surface area contributed by atoms with Gasteiger partial charge in [-0.2, -0.15) is 0 Å². The van der Waals surface area contributed by atoms with Crippen molar-refractivity contribution in [2.45, 2.75) is 38.4 Å². The third-order valence-electron chi connectivity index (χ3n) is 4.58. The summed E-state index contributed by atoms with van der Waals surface area (Å²) in [7, 11) is 0. The van der Waals surface area contributed by atoms with Crippen LogP contribution in [0.4, 0.5) is 5.69 Å². The van der Waals surface area contributed by atoms with E-state index < -0.39 is 0 Å². The summed E-state index contributed by atoms with van der Waals surface area (Å²) in [6, 6.07) is 16.4. The second-order valence-corrected chi connectivity index (χ2v) is 7.88. The molecule has 0 aliphatic rings. The minimum absolute atomic E-state index is 0.0531. The lowest BCUT2D eigenvalue weighted by atomic mass is 10.1. The highest BCUT2D eigenvalue weighted by Crippen LogP contribution is 2.20. The lowest BCUT2D eigenvalue weighted by Crippen LogP contribution is -2.15. The number of thioether (sulfide) groups is 1. The Balaban J connectivity index is 1.62. The Hall–Kier alpha value is -2.86. The highest BCUT2D eigenvalue weighted by Gasteiger charge is 2.14. The Kier molecular flexibility index (Phi) is 7.25. The van der Waals surface area contributed by atoms with Gasteiger partial charge in [0.1, 0.15) is 5.82 Å². The van der Waals surface area contributed by atoms with Gasteiger partial charge in [0.15, 0.2) is 5.16 Å². The van der Waals surface area contributed by atoms with Crippen LogP contribution >= 0.6 is 11.8 Å². The van der Waals surface area contributed by atoms with Crippen molar-refractivity contribution >= 4 is 23.4 Å². The fourth-order valence-corrected chi connectivity index (χ4v) is 3.78. The van der Waals surface area contributed by atoms with Crippen LogP contribution in [0.25, 0.3) is 0 Å². The van der Waals surface area contributed by atoms with Gasteiger partial charge in [0.25, 0.3) is 0 Å². The van der Waals surface area contributed by atoms with E-state index in [1.54, 1.807) is 0 Å². The Morgan fingerprint density at radius 2 is 1.93 bits per heavy atom. The molecule has 0 unspecified atom stereocenters. The third kappa shape index (κ3) is 5.81. The standard InChI is InChI=1S/C23H26N4OS/c1-4-14-27-21(13-12-19-8-6-5-7-9-19)25-26-23(27)29-16-22(28)24-20-15-17(2)10-11-18(20)3/h4-11,15H,1,12-14,16H2,2-3H3,(H,24,28). The summed E-state index contributed by atoms with van der Waals surface area (Å²) in [4.78, 5) is 12.4. The SMILES string of the molecule is C=CCn1c(CCc2ccccc2)nnc1SCC(=O)Nc1cc(C)ccc1C. The molecule has 3 rings (SSSR count). The number of aromatic nitrogens is 3. The first-order valence-corrected chi connectivity index (χ1v) is 10.6. The summed E-state index contributed by atoms with van der Waals surface area (Å²) >= 11 is 1.40. The third-order valence-corrected chi connectivity index (χ3v) is 5.55. The van der Waals surface area contributed by atoms with Crippen LogP contribution in [-0.4, -0.2) is 26.4 Å². The quantitative estimate of drug-likeness (QED) is 0.417. The fraction of sp³-hybridized carbons (Fsp3) is 0.261. The maximum Gasteiger partial charge on any atom is 0.234 e. The number of amides is 1. The van der Waals surface area contributed by atoms with Gasteiger partial charge in [-0.25, -0.2) is 0 Å². The molecule has 1 aromatic heterocycles. The summed E-state index contributed by atoms with van der Waals surface area (Å²) in [5.41, 5.74) is 4.29. The van der Waals surface area contributed by atoms with E-state index in [0.717, 1.165) is 40.6 Å². The zero-order chi connectivity index (χ0) is 20.6. The van der Waals surface area contributed by atoms with Crippen LogP contribution in [0.1, 0.15) is 22.5 Å². The highest BCUT2D eigenvalue weighted by molar-refractivity contribution is 7.99. The molecule has 3 aromatic rings. The molecule has 0 bridgehead atoms. The van der Waals surface area contributed by atoms with Crippen LogP contribution < -0.4 is 5.32 Å². The van der Waals surface area contributed by atoms with Gasteiger partial charge < -0.3 is 9.88 Å². The number of rotatable bonds is 9. The normalized spacial score (nSPS) is 10.7. The molecule has 0 spiro atoms. The van der Waals surface area contributed by atoms with Gasteiger partial charge in [-0.05, 0) is 43.0 Å². The largest absolute Gasteiger partial charge is 0.325 e. The van der Waals surface area contributed by atoms with Gasteiger partial charge in [0, 0.05) is 18.7 Å². The second kappa shape index (κ2) is 10.1. The van der Waals surface area contributed by atoms with Crippen LogP contribution in [0.5, 0.6) is 0 Å². The van der Waals surface area contributed by atoms with Crippen molar-refractivity contribution in [2.24, 2.45) is 0 Å². The first-order chi connectivity index (χ1) is 14.1. The summed E-state index contributed by atoms with van der Waals surface area (Å²) < 4.78 is 2.03. The van der Waals surface area contributed by atoms with Crippen molar-refractivity contribution in [3.8, 4) is 0 Å². The Morgan fingerprint density at radius 1 is 1.14 bits per heavy atom. The summed E-state index contributed by atoms with van der Waals surface area (Å²) in [6.45, 7) is 8.46. The molecule has 1 heterocycles. The van der Waals surface area contributed by atoms with Gasteiger partial charge in [-0.3, -0.25) is 4.79 Å². The van der Waals surface area contributed by atoms with Crippen LogP contribution in [0.2, 0.25) is 0 Å². The smallest absolute Gasteiger partial charge is 0.234 e. The number of aryl methyl sites for hydroxylation is 4.